The second kappa shape index (κ2) is 4.90. The van der Waals surface area contributed by atoms with Crippen LogP contribution in [0.1, 0.15) is 32.2 Å². The minimum atomic E-state index is 0.151. The van der Waals surface area contributed by atoms with Crippen LogP contribution in [0.15, 0.2) is 28.7 Å². The predicted molar refractivity (Wildman–Crippen MR) is 71.2 cm³/mol. The third-order valence-corrected chi connectivity index (χ3v) is 2.82. The molecule has 4 nitrogen and oxygen atoms in total. The number of nitrogens with two attached hydrogens (primary N) is 1. The molecular formula is C14H19N3O. The van der Waals surface area contributed by atoms with E-state index in [1.54, 1.807) is 0 Å². The molecule has 0 bridgehead atoms. The van der Waals surface area contributed by atoms with Crippen molar-refractivity contribution in [3.63, 3.8) is 0 Å². The van der Waals surface area contributed by atoms with Gasteiger partial charge in [-0.1, -0.05) is 32.9 Å². The van der Waals surface area contributed by atoms with Crippen molar-refractivity contribution in [1.82, 2.24) is 10.2 Å². The van der Waals surface area contributed by atoms with Crippen LogP contribution in [0.4, 0.5) is 0 Å². The van der Waals surface area contributed by atoms with Crippen LogP contribution in [0.2, 0.25) is 0 Å². The van der Waals surface area contributed by atoms with Crippen molar-refractivity contribution in [2.75, 3.05) is 6.54 Å². The lowest BCUT2D eigenvalue weighted by Gasteiger charge is -2.18. The van der Waals surface area contributed by atoms with Gasteiger partial charge in [-0.25, -0.2) is 0 Å². The summed E-state index contributed by atoms with van der Waals surface area (Å²) in [6.07, 6.45) is 0.618. The second-order valence-corrected chi connectivity index (χ2v) is 5.37. The van der Waals surface area contributed by atoms with Gasteiger partial charge in [0.1, 0.15) is 0 Å². The minimum Gasteiger partial charge on any atom is -0.421 e. The molecule has 1 heterocycles. The Bertz CT molecular complexity index is 509. The summed E-state index contributed by atoms with van der Waals surface area (Å²) in [5.41, 5.74) is 7.83. The SMILES string of the molecule is CC(C)(C)c1ccc(-c2nnc(CCN)o2)cc1. The molecule has 1 aromatic carbocycles. The molecule has 0 atom stereocenters. The summed E-state index contributed by atoms with van der Waals surface area (Å²) in [5.74, 6) is 1.14. The van der Waals surface area contributed by atoms with Gasteiger partial charge in [0, 0.05) is 18.5 Å². The van der Waals surface area contributed by atoms with Crippen molar-refractivity contribution in [2.45, 2.75) is 32.6 Å². The van der Waals surface area contributed by atoms with Gasteiger partial charge in [0.05, 0.1) is 0 Å². The summed E-state index contributed by atoms with van der Waals surface area (Å²) in [6.45, 7) is 7.08. The quantitative estimate of drug-likeness (QED) is 0.902. The fourth-order valence-electron chi connectivity index (χ4n) is 1.71. The molecule has 0 amide bonds. The number of nitrogens with zero attached hydrogens (tertiary/aromatic N) is 2. The third kappa shape index (κ3) is 2.76. The number of aromatic nitrogens is 2. The molecule has 18 heavy (non-hydrogen) atoms. The number of rotatable bonds is 3. The first-order valence-electron chi connectivity index (χ1n) is 6.14. The Morgan fingerprint density at radius 1 is 1.11 bits per heavy atom. The molecule has 0 spiro atoms. The first-order valence-corrected chi connectivity index (χ1v) is 6.14. The molecule has 0 saturated carbocycles. The van der Waals surface area contributed by atoms with Gasteiger partial charge in [-0.2, -0.15) is 0 Å². The van der Waals surface area contributed by atoms with E-state index in [1.807, 2.05) is 12.1 Å². The molecule has 0 saturated heterocycles. The highest BCUT2D eigenvalue weighted by Crippen LogP contribution is 2.25. The summed E-state index contributed by atoms with van der Waals surface area (Å²) in [4.78, 5) is 0. The Morgan fingerprint density at radius 2 is 1.78 bits per heavy atom. The Balaban J connectivity index is 2.23. The molecule has 4 heteroatoms. The Morgan fingerprint density at radius 3 is 2.33 bits per heavy atom. The predicted octanol–water partition coefficient (Wildman–Crippen LogP) is 2.54. The van der Waals surface area contributed by atoms with Crippen molar-refractivity contribution < 1.29 is 4.42 Å². The van der Waals surface area contributed by atoms with Gasteiger partial charge in [0.2, 0.25) is 11.8 Å². The molecule has 0 unspecified atom stereocenters. The summed E-state index contributed by atoms with van der Waals surface area (Å²) in [5, 5.41) is 7.98. The van der Waals surface area contributed by atoms with Crippen LogP contribution in [0, 0.1) is 0 Å². The number of hydrogen-bond acceptors (Lipinski definition) is 4. The highest BCUT2D eigenvalue weighted by atomic mass is 16.4. The van der Waals surface area contributed by atoms with E-state index >= 15 is 0 Å². The van der Waals surface area contributed by atoms with Crippen molar-refractivity contribution in [1.29, 1.82) is 0 Å². The Kier molecular flexibility index (Phi) is 3.48. The maximum absolute atomic E-state index is 5.53. The largest absolute Gasteiger partial charge is 0.421 e. The molecule has 0 fully saturated rings. The van der Waals surface area contributed by atoms with Gasteiger partial charge >= 0.3 is 0 Å². The standard InChI is InChI=1S/C14H19N3O/c1-14(2,3)11-6-4-10(5-7-11)13-17-16-12(18-13)8-9-15/h4-7H,8-9,15H2,1-3H3. The third-order valence-electron chi connectivity index (χ3n) is 2.82. The van der Waals surface area contributed by atoms with Crippen molar-refractivity contribution in [2.24, 2.45) is 5.73 Å². The number of benzene rings is 1. The van der Waals surface area contributed by atoms with Gasteiger partial charge < -0.3 is 10.2 Å². The van der Waals surface area contributed by atoms with E-state index in [-0.39, 0.29) is 5.41 Å². The highest BCUT2D eigenvalue weighted by Gasteiger charge is 2.14. The van der Waals surface area contributed by atoms with Gasteiger partial charge in [-0.05, 0) is 23.1 Å². The van der Waals surface area contributed by atoms with Gasteiger partial charge in [0.15, 0.2) is 0 Å². The van der Waals surface area contributed by atoms with E-state index in [4.69, 9.17) is 10.2 Å². The van der Waals surface area contributed by atoms with Crippen LogP contribution in [-0.2, 0) is 11.8 Å². The van der Waals surface area contributed by atoms with Crippen LogP contribution in [-0.4, -0.2) is 16.7 Å². The first-order chi connectivity index (χ1) is 8.50. The number of hydrogen-bond donors (Lipinski definition) is 1. The maximum Gasteiger partial charge on any atom is 0.247 e. The fraction of sp³-hybridized carbons (Fsp3) is 0.429. The van der Waals surface area contributed by atoms with Gasteiger partial charge in [0.25, 0.3) is 0 Å². The van der Waals surface area contributed by atoms with Crippen LogP contribution < -0.4 is 5.73 Å². The monoisotopic (exact) mass is 245 g/mol. The molecule has 2 N–H and O–H groups in total. The normalized spacial score (nSPS) is 11.8. The average Bonchev–Trinajstić information content (AvgIpc) is 2.77. The average molecular weight is 245 g/mol. The van der Waals surface area contributed by atoms with Crippen LogP contribution >= 0.6 is 0 Å². The zero-order valence-electron chi connectivity index (χ0n) is 11.1. The summed E-state index contributed by atoms with van der Waals surface area (Å²) < 4.78 is 5.53. The van der Waals surface area contributed by atoms with Crippen molar-refractivity contribution in [3.8, 4) is 11.5 Å². The van der Waals surface area contributed by atoms with E-state index < -0.39 is 0 Å². The minimum absolute atomic E-state index is 0.151. The molecule has 0 aliphatic carbocycles. The van der Waals surface area contributed by atoms with Crippen molar-refractivity contribution >= 4 is 0 Å². The van der Waals surface area contributed by atoms with E-state index in [1.165, 1.54) is 5.56 Å². The lowest BCUT2D eigenvalue weighted by molar-refractivity contribution is 0.507. The van der Waals surface area contributed by atoms with Crippen LogP contribution in [0.25, 0.3) is 11.5 Å². The molecule has 0 radical (unpaired) electrons. The lowest BCUT2D eigenvalue weighted by Crippen LogP contribution is -2.10. The topological polar surface area (TPSA) is 64.9 Å². The van der Waals surface area contributed by atoms with Crippen LogP contribution in [0.5, 0.6) is 0 Å². The van der Waals surface area contributed by atoms with Crippen molar-refractivity contribution in [3.05, 3.63) is 35.7 Å². The summed E-state index contributed by atoms with van der Waals surface area (Å²) >= 11 is 0. The smallest absolute Gasteiger partial charge is 0.247 e. The lowest BCUT2D eigenvalue weighted by atomic mass is 9.87. The molecular weight excluding hydrogens is 226 g/mol. The van der Waals surface area contributed by atoms with Gasteiger partial charge in [-0.3, -0.25) is 0 Å². The molecule has 0 aliphatic rings. The second-order valence-electron chi connectivity index (χ2n) is 5.37. The van der Waals surface area contributed by atoms with E-state index in [0.717, 1.165) is 5.56 Å². The molecule has 1 aromatic heterocycles. The Hall–Kier alpha value is -1.68. The zero-order valence-corrected chi connectivity index (χ0v) is 11.1. The molecule has 2 aromatic rings. The maximum atomic E-state index is 5.53. The van der Waals surface area contributed by atoms with E-state index in [0.29, 0.717) is 24.7 Å². The highest BCUT2D eigenvalue weighted by molar-refractivity contribution is 5.53. The summed E-state index contributed by atoms with van der Waals surface area (Å²) in [7, 11) is 0. The zero-order chi connectivity index (χ0) is 13.2. The molecule has 96 valence electrons. The molecule has 0 aliphatic heterocycles. The summed E-state index contributed by atoms with van der Waals surface area (Å²) in [6, 6.07) is 8.23. The van der Waals surface area contributed by atoms with Crippen LogP contribution in [0.3, 0.4) is 0 Å². The van der Waals surface area contributed by atoms with E-state index in [9.17, 15) is 0 Å². The first kappa shape index (κ1) is 12.8. The van der Waals surface area contributed by atoms with Gasteiger partial charge in [-0.15, -0.1) is 10.2 Å². The fourth-order valence-corrected chi connectivity index (χ4v) is 1.71. The van der Waals surface area contributed by atoms with E-state index in [2.05, 4.69) is 43.1 Å². The Labute approximate surface area is 107 Å². The molecule has 2 rings (SSSR count).